The van der Waals surface area contributed by atoms with E-state index in [9.17, 15) is 19.5 Å². The number of hydrogen-bond donors (Lipinski definition) is 1. The van der Waals surface area contributed by atoms with Crippen molar-refractivity contribution in [2.45, 2.75) is 142 Å². The molecular weight excluding hydrogens is 496 g/mol. The Morgan fingerprint density at radius 2 is 1.49 bits per heavy atom. The monoisotopic (exact) mass is 548 g/mol. The zero-order valence-electron chi connectivity index (χ0n) is 25.2. The topological polar surface area (TPSA) is 99.1 Å². The zero-order chi connectivity index (χ0) is 28.6. The molecule has 4 bridgehead atoms. The average molecular weight is 549 g/mol. The van der Waals surface area contributed by atoms with Crippen LogP contribution in [0.2, 0.25) is 0 Å². The van der Waals surface area contributed by atoms with Crippen molar-refractivity contribution in [1.82, 2.24) is 0 Å². The summed E-state index contributed by atoms with van der Waals surface area (Å²) in [6.45, 7) is 11.4. The van der Waals surface area contributed by atoms with Gasteiger partial charge in [-0.05, 0) is 122 Å². The van der Waals surface area contributed by atoms with E-state index in [1.807, 2.05) is 34.6 Å². The van der Waals surface area contributed by atoms with Gasteiger partial charge in [-0.2, -0.15) is 0 Å². The van der Waals surface area contributed by atoms with Crippen molar-refractivity contribution in [2.75, 3.05) is 6.61 Å². The fourth-order valence-electron chi connectivity index (χ4n) is 7.70. The second kappa shape index (κ2) is 11.3. The van der Waals surface area contributed by atoms with Crippen LogP contribution in [0.5, 0.6) is 0 Å². The molecule has 0 aromatic carbocycles. The number of aliphatic hydroxyl groups excluding tert-OH is 1. The van der Waals surface area contributed by atoms with Crippen LogP contribution in [0.15, 0.2) is 0 Å². The molecular formula is C32H52O7. The van der Waals surface area contributed by atoms with E-state index >= 15 is 0 Å². The van der Waals surface area contributed by atoms with Crippen LogP contribution in [0.1, 0.15) is 125 Å². The number of ether oxygens (including phenoxy) is 3. The molecule has 7 heteroatoms. The van der Waals surface area contributed by atoms with Gasteiger partial charge in [-0.1, -0.05) is 20.3 Å². The van der Waals surface area contributed by atoms with Crippen LogP contribution in [0.4, 0.5) is 0 Å². The van der Waals surface area contributed by atoms with Crippen molar-refractivity contribution >= 4 is 17.9 Å². The first-order valence-corrected chi connectivity index (χ1v) is 15.6. The molecule has 6 rings (SSSR count). The Labute approximate surface area is 235 Å². The molecule has 6 aliphatic rings. The highest BCUT2D eigenvalue weighted by Gasteiger charge is 2.58. The lowest BCUT2D eigenvalue weighted by molar-refractivity contribution is -0.213. The van der Waals surface area contributed by atoms with E-state index in [0.717, 1.165) is 37.5 Å². The van der Waals surface area contributed by atoms with Gasteiger partial charge in [-0.25, -0.2) is 4.79 Å². The SMILES string of the molecule is CCC(C)(C)C(=O)OC1CC2(CCCCC2)OC1=O.CCC(C)(CO)C(=O)OC1(C)C2CC3CC(C2)CC1C3. The van der Waals surface area contributed by atoms with E-state index in [-0.39, 0.29) is 35.7 Å². The highest BCUT2D eigenvalue weighted by molar-refractivity contribution is 5.83. The number of rotatable bonds is 7. The molecule has 0 amide bonds. The van der Waals surface area contributed by atoms with Crippen molar-refractivity contribution in [1.29, 1.82) is 0 Å². The molecule has 1 N–H and O–H groups in total. The molecule has 1 saturated heterocycles. The highest BCUT2D eigenvalue weighted by atomic mass is 16.6. The van der Waals surface area contributed by atoms with Gasteiger partial charge in [-0.15, -0.1) is 0 Å². The second-order valence-corrected chi connectivity index (χ2v) is 14.5. The van der Waals surface area contributed by atoms with Gasteiger partial charge in [0.25, 0.3) is 0 Å². The third-order valence-electron chi connectivity index (χ3n) is 11.3. The number of carbonyl (C=O) groups is 3. The minimum absolute atomic E-state index is 0.126. The van der Waals surface area contributed by atoms with Crippen LogP contribution in [0.25, 0.3) is 0 Å². The summed E-state index contributed by atoms with van der Waals surface area (Å²) in [4.78, 5) is 36.5. The largest absolute Gasteiger partial charge is 0.458 e. The highest BCUT2D eigenvalue weighted by Crippen LogP contribution is 2.59. The van der Waals surface area contributed by atoms with Crippen molar-refractivity contribution in [3.63, 3.8) is 0 Å². The lowest BCUT2D eigenvalue weighted by Crippen LogP contribution is -2.59. The average Bonchev–Trinajstić information content (AvgIpc) is 3.20. The third kappa shape index (κ3) is 6.04. The molecule has 2 atom stereocenters. The molecule has 7 nitrogen and oxygen atoms in total. The van der Waals surface area contributed by atoms with E-state index in [1.54, 1.807) is 0 Å². The minimum Gasteiger partial charge on any atom is -0.458 e. The Morgan fingerprint density at radius 3 is 1.97 bits per heavy atom. The molecule has 5 aliphatic carbocycles. The van der Waals surface area contributed by atoms with E-state index < -0.39 is 16.9 Å². The summed E-state index contributed by atoms with van der Waals surface area (Å²) in [5.74, 6) is 1.98. The summed E-state index contributed by atoms with van der Waals surface area (Å²) in [5, 5.41) is 9.52. The van der Waals surface area contributed by atoms with Crippen LogP contribution >= 0.6 is 0 Å². The number of carbonyl (C=O) groups excluding carboxylic acids is 3. The van der Waals surface area contributed by atoms with Crippen molar-refractivity contribution in [2.24, 2.45) is 34.5 Å². The van der Waals surface area contributed by atoms with Gasteiger partial charge >= 0.3 is 17.9 Å². The fraction of sp³-hybridized carbons (Fsp3) is 0.906. The van der Waals surface area contributed by atoms with Crippen molar-refractivity contribution in [3.8, 4) is 0 Å². The summed E-state index contributed by atoms with van der Waals surface area (Å²) in [6, 6.07) is 0. The fourth-order valence-corrected chi connectivity index (χ4v) is 7.70. The Balaban J connectivity index is 0.000000181. The van der Waals surface area contributed by atoms with Crippen molar-refractivity contribution in [3.05, 3.63) is 0 Å². The lowest BCUT2D eigenvalue weighted by Gasteiger charge is -2.59. The third-order valence-corrected chi connectivity index (χ3v) is 11.3. The van der Waals surface area contributed by atoms with Crippen molar-refractivity contribution < 1.29 is 33.7 Å². The lowest BCUT2D eigenvalue weighted by atomic mass is 9.50. The summed E-state index contributed by atoms with van der Waals surface area (Å²) in [5.41, 5.74) is -1.91. The van der Waals surface area contributed by atoms with Gasteiger partial charge in [0.1, 0.15) is 11.2 Å². The van der Waals surface area contributed by atoms with Gasteiger partial charge in [0, 0.05) is 6.42 Å². The van der Waals surface area contributed by atoms with E-state index in [0.29, 0.717) is 31.1 Å². The molecule has 222 valence electrons. The van der Waals surface area contributed by atoms with Gasteiger partial charge in [-0.3, -0.25) is 9.59 Å². The molecule has 0 radical (unpaired) electrons. The van der Waals surface area contributed by atoms with E-state index in [2.05, 4.69) is 6.92 Å². The second-order valence-electron chi connectivity index (χ2n) is 14.5. The Morgan fingerprint density at radius 1 is 0.923 bits per heavy atom. The van der Waals surface area contributed by atoms with Gasteiger partial charge in [0.15, 0.2) is 0 Å². The standard InChI is InChI=1S/C17H28O3.C15H24O4/c1-4-16(2,10-18)15(19)20-17(3)13-6-11-5-12(8-13)9-14(17)7-11;1-4-14(2,3)13(17)18-11-10-15(19-12(11)16)8-6-5-7-9-15/h11-14,18H,4-10H2,1-3H3;11H,4-10H2,1-3H3. The zero-order valence-corrected chi connectivity index (χ0v) is 25.2. The smallest absolute Gasteiger partial charge is 0.348 e. The molecule has 0 aromatic heterocycles. The molecule has 6 fully saturated rings. The van der Waals surface area contributed by atoms with E-state index in [4.69, 9.17) is 14.2 Å². The summed E-state index contributed by atoms with van der Waals surface area (Å²) < 4.78 is 17.0. The quantitative estimate of drug-likeness (QED) is 0.301. The Bertz CT molecular complexity index is 883. The van der Waals surface area contributed by atoms with Gasteiger partial charge in [0.05, 0.1) is 17.4 Å². The summed E-state index contributed by atoms with van der Waals surface area (Å²) in [6.07, 6.45) is 12.7. The predicted octanol–water partition coefficient (Wildman–Crippen LogP) is 6.14. The molecule has 1 heterocycles. The molecule has 1 aliphatic heterocycles. The molecule has 2 unspecified atom stereocenters. The van der Waals surface area contributed by atoms with Crippen LogP contribution in [0.3, 0.4) is 0 Å². The van der Waals surface area contributed by atoms with Gasteiger partial charge < -0.3 is 19.3 Å². The first-order valence-electron chi connectivity index (χ1n) is 15.6. The van der Waals surface area contributed by atoms with Crippen LogP contribution in [-0.4, -0.2) is 46.9 Å². The Hall–Kier alpha value is -1.63. The molecule has 0 aromatic rings. The summed E-state index contributed by atoms with van der Waals surface area (Å²) in [7, 11) is 0. The normalized spacial score (nSPS) is 36.0. The Kier molecular flexibility index (Phi) is 8.81. The van der Waals surface area contributed by atoms with Crippen LogP contribution < -0.4 is 0 Å². The van der Waals surface area contributed by atoms with E-state index in [1.165, 1.54) is 38.5 Å². The summed E-state index contributed by atoms with van der Waals surface area (Å²) >= 11 is 0. The van der Waals surface area contributed by atoms with Gasteiger partial charge in [0.2, 0.25) is 6.10 Å². The first kappa shape index (κ1) is 30.3. The van der Waals surface area contributed by atoms with Crippen LogP contribution in [0, 0.1) is 34.5 Å². The maximum absolute atomic E-state index is 12.5. The maximum atomic E-state index is 12.5. The maximum Gasteiger partial charge on any atom is 0.348 e. The predicted molar refractivity (Wildman–Crippen MR) is 148 cm³/mol. The first-order chi connectivity index (χ1) is 18.3. The molecule has 5 saturated carbocycles. The number of aliphatic hydroxyl groups is 1. The molecule has 1 spiro atoms. The van der Waals surface area contributed by atoms with Crippen LogP contribution in [-0.2, 0) is 28.6 Å². The number of esters is 3. The number of hydrogen-bond acceptors (Lipinski definition) is 7. The minimum atomic E-state index is -0.738. The molecule has 39 heavy (non-hydrogen) atoms.